The first-order valence-corrected chi connectivity index (χ1v) is 10.2. The molecule has 3 heterocycles. The highest BCUT2D eigenvalue weighted by atomic mass is 127. The van der Waals surface area contributed by atoms with Crippen LogP contribution in [-0.2, 0) is 16.0 Å². The van der Waals surface area contributed by atoms with E-state index in [0.717, 1.165) is 57.5 Å². The molecule has 1 aromatic rings. The zero-order chi connectivity index (χ0) is 19.6. The highest BCUT2D eigenvalue weighted by molar-refractivity contribution is 14.0. The summed E-state index contributed by atoms with van der Waals surface area (Å²) in [6.07, 6.45) is 2.91. The summed E-state index contributed by atoms with van der Waals surface area (Å²) in [5.41, 5.74) is 0.984. The fourth-order valence-electron chi connectivity index (χ4n) is 3.66. The van der Waals surface area contributed by atoms with Gasteiger partial charge in [0.1, 0.15) is 6.61 Å². The number of pyridine rings is 1. The molecule has 0 aromatic carbocycles. The SMILES string of the molecule is CCNC(=NCc1cccnc1OCCOC)N1CCC(N2CCOCC2)C1.I. The molecule has 0 bridgehead atoms. The van der Waals surface area contributed by atoms with E-state index >= 15 is 0 Å². The minimum absolute atomic E-state index is 0. The largest absolute Gasteiger partial charge is 0.475 e. The lowest BCUT2D eigenvalue weighted by molar-refractivity contribution is 0.0195. The van der Waals surface area contributed by atoms with Gasteiger partial charge in [0.05, 0.1) is 26.4 Å². The number of likely N-dealkylation sites (tertiary alicyclic amines) is 1. The molecular formula is C20H34IN5O3. The number of hydrogen-bond acceptors (Lipinski definition) is 6. The predicted octanol–water partition coefficient (Wildman–Crippen LogP) is 1.60. The Bertz CT molecular complexity index is 628. The number of nitrogens with zero attached hydrogens (tertiary/aromatic N) is 4. The van der Waals surface area contributed by atoms with Crippen molar-refractivity contribution in [2.45, 2.75) is 25.9 Å². The van der Waals surface area contributed by atoms with E-state index in [2.05, 4.69) is 27.0 Å². The normalized spacial score (nSPS) is 20.4. The first kappa shape index (κ1) is 24.1. The Hall–Kier alpha value is -1.17. The Labute approximate surface area is 191 Å². The average molecular weight is 519 g/mol. The van der Waals surface area contributed by atoms with Crippen molar-refractivity contribution in [1.29, 1.82) is 0 Å². The van der Waals surface area contributed by atoms with Gasteiger partial charge in [-0.05, 0) is 19.4 Å². The molecule has 8 nitrogen and oxygen atoms in total. The van der Waals surface area contributed by atoms with Gasteiger partial charge < -0.3 is 24.4 Å². The van der Waals surface area contributed by atoms with Crippen LogP contribution in [0.1, 0.15) is 18.9 Å². The highest BCUT2D eigenvalue weighted by Crippen LogP contribution is 2.19. The van der Waals surface area contributed by atoms with Gasteiger partial charge in [0.25, 0.3) is 0 Å². The summed E-state index contributed by atoms with van der Waals surface area (Å²) in [6.45, 7) is 10.3. The van der Waals surface area contributed by atoms with E-state index in [-0.39, 0.29) is 24.0 Å². The third-order valence-electron chi connectivity index (χ3n) is 5.14. The van der Waals surface area contributed by atoms with Crippen LogP contribution in [0.2, 0.25) is 0 Å². The topological polar surface area (TPSA) is 71.5 Å². The molecule has 0 amide bonds. The number of aliphatic imine (C=N–C) groups is 1. The molecule has 29 heavy (non-hydrogen) atoms. The lowest BCUT2D eigenvalue weighted by Crippen LogP contribution is -2.46. The van der Waals surface area contributed by atoms with Gasteiger partial charge in [-0.1, -0.05) is 6.07 Å². The molecule has 164 valence electrons. The minimum Gasteiger partial charge on any atom is -0.475 e. The standard InChI is InChI=1S/C20H33N5O3.HI/c1-3-21-20(25-8-6-18(16-25)24-9-11-27-12-10-24)23-15-17-5-4-7-22-19(17)28-14-13-26-2;/h4-5,7,18H,3,6,8-16H2,1-2H3,(H,21,23);1H. The van der Waals surface area contributed by atoms with Gasteiger partial charge in [0.2, 0.25) is 5.88 Å². The average Bonchev–Trinajstić information content (AvgIpc) is 3.23. The minimum atomic E-state index is 0. The molecule has 2 aliphatic heterocycles. The molecule has 0 spiro atoms. The Morgan fingerprint density at radius 3 is 2.90 bits per heavy atom. The number of guanidine groups is 1. The van der Waals surface area contributed by atoms with E-state index in [1.165, 1.54) is 6.42 Å². The first-order chi connectivity index (χ1) is 13.8. The number of rotatable bonds is 8. The molecule has 1 N–H and O–H groups in total. The third-order valence-corrected chi connectivity index (χ3v) is 5.14. The quantitative estimate of drug-likeness (QED) is 0.242. The second-order valence-electron chi connectivity index (χ2n) is 7.02. The van der Waals surface area contributed by atoms with Crippen LogP contribution >= 0.6 is 24.0 Å². The molecule has 1 atom stereocenters. The van der Waals surface area contributed by atoms with Gasteiger partial charge in [0.15, 0.2) is 5.96 Å². The Balaban J connectivity index is 0.00000300. The maximum Gasteiger partial charge on any atom is 0.218 e. The van der Waals surface area contributed by atoms with Crippen molar-refractivity contribution in [3.63, 3.8) is 0 Å². The number of morpholine rings is 1. The van der Waals surface area contributed by atoms with Crippen LogP contribution < -0.4 is 10.1 Å². The predicted molar refractivity (Wildman–Crippen MR) is 124 cm³/mol. The Kier molecular flexibility index (Phi) is 11.0. The van der Waals surface area contributed by atoms with E-state index in [1.807, 2.05) is 12.1 Å². The van der Waals surface area contributed by atoms with Crippen LogP contribution in [0.15, 0.2) is 23.3 Å². The first-order valence-electron chi connectivity index (χ1n) is 10.2. The summed E-state index contributed by atoms with van der Waals surface area (Å²) in [5.74, 6) is 1.59. The maximum absolute atomic E-state index is 5.73. The lowest BCUT2D eigenvalue weighted by Gasteiger charge is -2.32. The fourth-order valence-corrected chi connectivity index (χ4v) is 3.66. The van der Waals surface area contributed by atoms with Crippen molar-refractivity contribution >= 4 is 29.9 Å². The van der Waals surface area contributed by atoms with Crippen LogP contribution in [-0.4, -0.2) is 93.0 Å². The molecule has 1 unspecified atom stereocenters. The van der Waals surface area contributed by atoms with Crippen LogP contribution in [0.5, 0.6) is 5.88 Å². The smallest absolute Gasteiger partial charge is 0.218 e. The van der Waals surface area contributed by atoms with Crippen LogP contribution in [0.4, 0.5) is 0 Å². The summed E-state index contributed by atoms with van der Waals surface area (Å²) in [6, 6.07) is 4.52. The van der Waals surface area contributed by atoms with Crippen LogP contribution in [0.3, 0.4) is 0 Å². The molecular weight excluding hydrogens is 485 g/mol. The van der Waals surface area contributed by atoms with Crippen LogP contribution in [0.25, 0.3) is 0 Å². The second kappa shape index (κ2) is 13.2. The summed E-state index contributed by atoms with van der Waals surface area (Å²) < 4.78 is 16.3. The molecule has 3 rings (SSSR count). The number of methoxy groups -OCH3 is 1. The van der Waals surface area contributed by atoms with E-state index in [4.69, 9.17) is 19.2 Å². The Morgan fingerprint density at radius 1 is 1.31 bits per heavy atom. The fraction of sp³-hybridized carbons (Fsp3) is 0.700. The molecule has 0 saturated carbocycles. The molecule has 1 aromatic heterocycles. The van der Waals surface area contributed by atoms with E-state index in [9.17, 15) is 0 Å². The summed E-state index contributed by atoms with van der Waals surface area (Å²) in [7, 11) is 1.66. The number of aromatic nitrogens is 1. The van der Waals surface area contributed by atoms with Crippen molar-refractivity contribution in [1.82, 2.24) is 20.1 Å². The van der Waals surface area contributed by atoms with Crippen molar-refractivity contribution < 1.29 is 14.2 Å². The molecule has 2 saturated heterocycles. The Morgan fingerprint density at radius 2 is 2.14 bits per heavy atom. The van der Waals surface area contributed by atoms with Gasteiger partial charge in [-0.2, -0.15) is 0 Å². The molecule has 2 aliphatic rings. The van der Waals surface area contributed by atoms with Crippen molar-refractivity contribution in [3.8, 4) is 5.88 Å². The zero-order valence-electron chi connectivity index (χ0n) is 17.5. The van der Waals surface area contributed by atoms with Gasteiger partial charge in [-0.3, -0.25) is 4.90 Å². The van der Waals surface area contributed by atoms with Gasteiger partial charge >= 0.3 is 0 Å². The third kappa shape index (κ3) is 7.23. The molecule has 9 heteroatoms. The number of hydrogen-bond donors (Lipinski definition) is 1. The maximum atomic E-state index is 5.73. The molecule has 2 fully saturated rings. The van der Waals surface area contributed by atoms with Crippen molar-refractivity contribution in [3.05, 3.63) is 23.9 Å². The number of ether oxygens (including phenoxy) is 3. The zero-order valence-corrected chi connectivity index (χ0v) is 19.8. The molecule has 0 aliphatic carbocycles. The number of halogens is 1. The number of nitrogens with one attached hydrogen (secondary N) is 1. The molecule has 0 radical (unpaired) electrons. The summed E-state index contributed by atoms with van der Waals surface area (Å²) >= 11 is 0. The van der Waals surface area contributed by atoms with Gasteiger partial charge in [-0.15, -0.1) is 24.0 Å². The second-order valence-corrected chi connectivity index (χ2v) is 7.02. The van der Waals surface area contributed by atoms with E-state index < -0.39 is 0 Å². The van der Waals surface area contributed by atoms with Gasteiger partial charge in [-0.25, -0.2) is 9.98 Å². The van der Waals surface area contributed by atoms with Gasteiger partial charge in [0, 0.05) is 57.6 Å². The van der Waals surface area contributed by atoms with Crippen molar-refractivity contribution in [2.24, 2.45) is 4.99 Å². The van der Waals surface area contributed by atoms with E-state index in [0.29, 0.717) is 31.7 Å². The van der Waals surface area contributed by atoms with Crippen LogP contribution in [0, 0.1) is 0 Å². The monoisotopic (exact) mass is 519 g/mol. The highest BCUT2D eigenvalue weighted by Gasteiger charge is 2.30. The van der Waals surface area contributed by atoms with Crippen molar-refractivity contribution in [2.75, 3.05) is 66.3 Å². The summed E-state index contributed by atoms with van der Waals surface area (Å²) in [5, 5.41) is 3.44. The summed E-state index contributed by atoms with van der Waals surface area (Å²) in [4.78, 5) is 14.1. The lowest BCUT2D eigenvalue weighted by atomic mass is 10.2. The van der Waals surface area contributed by atoms with E-state index in [1.54, 1.807) is 13.3 Å².